The number of aryl methyl sites for hydroxylation is 2. The lowest BCUT2D eigenvalue weighted by molar-refractivity contribution is 0.0696. The fraction of sp³-hybridized carbons (Fsp3) is 0.480. The van der Waals surface area contributed by atoms with E-state index in [1.54, 1.807) is 18.2 Å². The van der Waals surface area contributed by atoms with E-state index in [2.05, 4.69) is 28.8 Å². The molecule has 2 aromatic rings. The predicted octanol–water partition coefficient (Wildman–Crippen LogP) is 4.52. The van der Waals surface area contributed by atoms with Crippen molar-refractivity contribution >= 4 is 27.4 Å². The van der Waals surface area contributed by atoms with Crippen LogP contribution in [0.2, 0.25) is 0 Å². The number of fused-ring (bicyclic) bond motifs is 1. The van der Waals surface area contributed by atoms with Crippen LogP contribution in [0.25, 0.3) is 0 Å². The topological polar surface area (TPSA) is 98.7 Å². The van der Waals surface area contributed by atoms with Gasteiger partial charge in [0.1, 0.15) is 4.90 Å². The molecule has 0 atom stereocenters. The molecule has 0 radical (unpaired) electrons. The molecule has 0 fully saturated rings. The molecule has 3 N–H and O–H groups in total. The van der Waals surface area contributed by atoms with Crippen molar-refractivity contribution < 1.29 is 18.3 Å². The maximum atomic E-state index is 13.4. The van der Waals surface area contributed by atoms with E-state index in [1.165, 1.54) is 0 Å². The van der Waals surface area contributed by atoms with Gasteiger partial charge in [0.15, 0.2) is 0 Å². The normalized spacial score (nSPS) is 13.6. The standard InChI is InChI=1S/C25H35N3O4S/c1-4-28(5-2)16-8-15-26-22-17-18(3)11-14-23(22)33(31,32)27-21-13-12-19-9-6-7-10-20(19)24(21)25(29)30/h11-14,17,26-27H,4-10,15-16H2,1-3H3,(H,29,30). The van der Waals surface area contributed by atoms with E-state index < -0.39 is 16.0 Å². The second kappa shape index (κ2) is 11.0. The number of benzene rings is 2. The highest BCUT2D eigenvalue weighted by molar-refractivity contribution is 7.92. The number of rotatable bonds is 11. The molecule has 3 rings (SSSR count). The number of hydrogen-bond donors (Lipinski definition) is 3. The number of aromatic carboxylic acids is 1. The van der Waals surface area contributed by atoms with E-state index in [0.717, 1.165) is 62.0 Å². The Morgan fingerprint density at radius 3 is 2.48 bits per heavy atom. The van der Waals surface area contributed by atoms with Crippen LogP contribution >= 0.6 is 0 Å². The Bertz CT molecular complexity index is 1100. The Kier molecular flexibility index (Phi) is 8.37. The van der Waals surface area contributed by atoms with Gasteiger partial charge in [-0.2, -0.15) is 0 Å². The number of sulfonamides is 1. The minimum absolute atomic E-state index is 0.0663. The molecule has 0 saturated heterocycles. The summed E-state index contributed by atoms with van der Waals surface area (Å²) in [7, 11) is -3.99. The van der Waals surface area contributed by atoms with Gasteiger partial charge in [-0.3, -0.25) is 4.72 Å². The van der Waals surface area contributed by atoms with Gasteiger partial charge in [0.05, 0.1) is 16.9 Å². The van der Waals surface area contributed by atoms with Crippen LogP contribution in [-0.2, 0) is 22.9 Å². The Morgan fingerprint density at radius 1 is 1.06 bits per heavy atom. The molecule has 2 aromatic carbocycles. The zero-order valence-electron chi connectivity index (χ0n) is 19.8. The van der Waals surface area contributed by atoms with Crippen molar-refractivity contribution in [2.75, 3.05) is 36.2 Å². The zero-order chi connectivity index (χ0) is 24.0. The number of carboxylic acids is 1. The molecule has 33 heavy (non-hydrogen) atoms. The van der Waals surface area contributed by atoms with Gasteiger partial charge in [0.2, 0.25) is 0 Å². The van der Waals surface area contributed by atoms with Gasteiger partial charge in [0.25, 0.3) is 10.0 Å². The van der Waals surface area contributed by atoms with Gasteiger partial charge in [-0.15, -0.1) is 0 Å². The molecule has 0 heterocycles. The van der Waals surface area contributed by atoms with Gasteiger partial charge in [-0.1, -0.05) is 26.0 Å². The fourth-order valence-electron chi connectivity index (χ4n) is 4.44. The Hall–Kier alpha value is -2.58. The van der Waals surface area contributed by atoms with E-state index >= 15 is 0 Å². The fourth-order valence-corrected chi connectivity index (χ4v) is 5.68. The number of nitrogens with one attached hydrogen (secondary N) is 2. The maximum Gasteiger partial charge on any atom is 0.338 e. The SMILES string of the molecule is CCN(CC)CCCNc1cc(C)ccc1S(=O)(=O)Nc1ccc2c(c1C(=O)O)CCCC2. The average Bonchev–Trinajstić information content (AvgIpc) is 2.78. The predicted molar refractivity (Wildman–Crippen MR) is 133 cm³/mol. The summed E-state index contributed by atoms with van der Waals surface area (Å²) in [5, 5.41) is 13.1. The monoisotopic (exact) mass is 473 g/mol. The molecule has 0 aliphatic heterocycles. The molecule has 1 aliphatic carbocycles. The van der Waals surface area contributed by atoms with E-state index in [-0.39, 0.29) is 16.1 Å². The van der Waals surface area contributed by atoms with Crippen LogP contribution in [0, 0.1) is 6.92 Å². The van der Waals surface area contributed by atoms with Gasteiger partial charge in [-0.05, 0) is 93.6 Å². The third-order valence-corrected chi connectivity index (χ3v) is 7.70. The van der Waals surface area contributed by atoms with Crippen molar-refractivity contribution in [2.45, 2.75) is 57.8 Å². The Morgan fingerprint density at radius 2 is 1.79 bits per heavy atom. The summed E-state index contributed by atoms with van der Waals surface area (Å²) in [6.45, 7) is 9.70. The highest BCUT2D eigenvalue weighted by Gasteiger charge is 2.26. The second-order valence-electron chi connectivity index (χ2n) is 8.55. The minimum atomic E-state index is -3.99. The first kappa shape index (κ1) is 25.1. The summed E-state index contributed by atoms with van der Waals surface area (Å²) >= 11 is 0. The quantitative estimate of drug-likeness (QED) is 0.415. The van der Waals surface area contributed by atoms with E-state index in [4.69, 9.17) is 0 Å². The van der Waals surface area contributed by atoms with Gasteiger partial charge >= 0.3 is 5.97 Å². The summed E-state index contributed by atoms with van der Waals surface area (Å²) in [4.78, 5) is 14.5. The van der Waals surface area contributed by atoms with Crippen LogP contribution < -0.4 is 10.0 Å². The summed E-state index contributed by atoms with van der Waals surface area (Å²) in [6.07, 6.45) is 4.28. The second-order valence-corrected chi connectivity index (χ2v) is 10.2. The van der Waals surface area contributed by atoms with E-state index in [9.17, 15) is 18.3 Å². The molecule has 7 nitrogen and oxygen atoms in total. The highest BCUT2D eigenvalue weighted by atomic mass is 32.2. The summed E-state index contributed by atoms with van der Waals surface area (Å²) in [5.41, 5.74) is 3.39. The number of hydrogen-bond acceptors (Lipinski definition) is 5. The molecular weight excluding hydrogens is 438 g/mol. The van der Waals surface area contributed by atoms with E-state index in [0.29, 0.717) is 18.7 Å². The molecule has 0 saturated carbocycles. The highest BCUT2D eigenvalue weighted by Crippen LogP contribution is 2.32. The van der Waals surface area contributed by atoms with Crippen molar-refractivity contribution in [3.63, 3.8) is 0 Å². The van der Waals surface area contributed by atoms with Crippen molar-refractivity contribution in [1.29, 1.82) is 0 Å². The molecular formula is C25H35N3O4S. The molecule has 0 bridgehead atoms. The largest absolute Gasteiger partial charge is 0.478 e. The van der Waals surface area contributed by atoms with Crippen molar-refractivity contribution in [1.82, 2.24) is 4.90 Å². The lowest BCUT2D eigenvalue weighted by atomic mass is 9.87. The lowest BCUT2D eigenvalue weighted by Crippen LogP contribution is -2.25. The summed E-state index contributed by atoms with van der Waals surface area (Å²) in [6, 6.07) is 8.57. The molecule has 8 heteroatoms. The Labute approximate surface area is 197 Å². The first-order valence-corrected chi connectivity index (χ1v) is 13.2. The third-order valence-electron chi connectivity index (χ3n) is 6.28. The van der Waals surface area contributed by atoms with Crippen molar-refractivity contribution in [3.05, 3.63) is 52.6 Å². The number of anilines is 2. The van der Waals surface area contributed by atoms with Gasteiger partial charge in [0, 0.05) is 6.54 Å². The first-order chi connectivity index (χ1) is 15.8. The maximum absolute atomic E-state index is 13.4. The number of carbonyl (C=O) groups is 1. The first-order valence-electron chi connectivity index (χ1n) is 11.7. The molecule has 0 unspecified atom stereocenters. The van der Waals surface area contributed by atoms with Crippen LogP contribution in [-0.4, -0.2) is 50.6 Å². The van der Waals surface area contributed by atoms with Crippen molar-refractivity contribution in [2.24, 2.45) is 0 Å². The van der Waals surface area contributed by atoms with E-state index in [1.807, 2.05) is 19.1 Å². The lowest BCUT2D eigenvalue weighted by Gasteiger charge is -2.21. The van der Waals surface area contributed by atoms with Crippen LogP contribution in [0.4, 0.5) is 11.4 Å². The van der Waals surface area contributed by atoms with Crippen molar-refractivity contribution in [3.8, 4) is 0 Å². The van der Waals surface area contributed by atoms with Crippen LogP contribution in [0.15, 0.2) is 35.2 Å². The number of nitrogens with zero attached hydrogens (tertiary/aromatic N) is 1. The minimum Gasteiger partial charge on any atom is -0.478 e. The smallest absolute Gasteiger partial charge is 0.338 e. The third kappa shape index (κ3) is 6.06. The Balaban J connectivity index is 1.86. The van der Waals surface area contributed by atoms with Crippen LogP contribution in [0.5, 0.6) is 0 Å². The molecule has 1 aliphatic rings. The van der Waals surface area contributed by atoms with Gasteiger partial charge in [-0.25, -0.2) is 13.2 Å². The molecule has 0 spiro atoms. The molecule has 0 amide bonds. The molecule has 0 aromatic heterocycles. The number of carboxylic acid groups (broad SMARTS) is 1. The molecule has 180 valence electrons. The van der Waals surface area contributed by atoms with Crippen LogP contribution in [0.3, 0.4) is 0 Å². The zero-order valence-corrected chi connectivity index (χ0v) is 20.6. The average molecular weight is 474 g/mol. The van der Waals surface area contributed by atoms with Gasteiger partial charge < -0.3 is 15.3 Å². The van der Waals surface area contributed by atoms with Crippen LogP contribution in [0.1, 0.15) is 60.2 Å². The summed E-state index contributed by atoms with van der Waals surface area (Å²) < 4.78 is 29.3. The summed E-state index contributed by atoms with van der Waals surface area (Å²) in [5.74, 6) is -1.11.